The van der Waals surface area contributed by atoms with E-state index >= 15 is 0 Å². The predicted octanol–water partition coefficient (Wildman–Crippen LogP) is 3.42. The highest BCUT2D eigenvalue weighted by molar-refractivity contribution is 7.80. The first-order valence-corrected chi connectivity index (χ1v) is 8.60. The number of nitriles is 1. The van der Waals surface area contributed by atoms with Gasteiger partial charge in [-0.25, -0.2) is 0 Å². The Kier molecular flexibility index (Phi) is 9.00. The third kappa shape index (κ3) is 6.90. The van der Waals surface area contributed by atoms with Gasteiger partial charge in [-0.1, -0.05) is 64.7 Å². The van der Waals surface area contributed by atoms with Gasteiger partial charge in [-0.3, -0.25) is 4.79 Å². The van der Waals surface area contributed by atoms with E-state index in [9.17, 15) is 4.79 Å². The van der Waals surface area contributed by atoms with E-state index in [1.807, 2.05) is 0 Å². The van der Waals surface area contributed by atoms with E-state index in [1.165, 1.54) is 51.4 Å². The van der Waals surface area contributed by atoms with Gasteiger partial charge in [-0.05, 0) is 18.6 Å². The molecule has 0 aromatic carbocycles. The number of carbonyl (C=O) groups excluding carboxylic acids is 1. The van der Waals surface area contributed by atoms with E-state index in [0.29, 0.717) is 5.11 Å². The van der Waals surface area contributed by atoms with Crippen LogP contribution in [0.5, 0.6) is 0 Å². The minimum atomic E-state index is -0.620. The smallest absolute Gasteiger partial charge is 0.245 e. The molecule has 1 heterocycles. The normalized spacial score (nSPS) is 21.5. The van der Waals surface area contributed by atoms with Crippen molar-refractivity contribution in [2.75, 3.05) is 0 Å². The molecule has 118 valence electrons. The third-order valence-corrected chi connectivity index (χ3v) is 4.22. The monoisotopic (exact) mass is 309 g/mol. The zero-order valence-corrected chi connectivity index (χ0v) is 13.8. The molecule has 1 saturated heterocycles. The zero-order chi connectivity index (χ0) is 15.5. The predicted molar refractivity (Wildman–Crippen MR) is 88.6 cm³/mol. The summed E-state index contributed by atoms with van der Waals surface area (Å²) in [5, 5.41) is 15.0. The molecule has 0 bridgehead atoms. The lowest BCUT2D eigenvalue weighted by Gasteiger charge is -2.29. The van der Waals surface area contributed by atoms with Gasteiger partial charge in [0.1, 0.15) is 5.92 Å². The van der Waals surface area contributed by atoms with Crippen LogP contribution in [-0.2, 0) is 4.79 Å². The van der Waals surface area contributed by atoms with Gasteiger partial charge in [0.25, 0.3) is 0 Å². The Hall–Kier alpha value is -1.15. The average molecular weight is 309 g/mol. The number of rotatable bonds is 10. The number of unbranched alkanes of at least 4 members (excludes halogenated alkanes) is 8. The molecule has 1 amide bonds. The number of hydrogen-bond acceptors (Lipinski definition) is 3. The second kappa shape index (κ2) is 10.6. The van der Waals surface area contributed by atoms with Crippen LogP contribution in [0.1, 0.15) is 71.1 Å². The first-order valence-electron chi connectivity index (χ1n) is 8.20. The topological polar surface area (TPSA) is 64.9 Å². The van der Waals surface area contributed by atoms with Crippen molar-refractivity contribution in [2.45, 2.75) is 77.2 Å². The summed E-state index contributed by atoms with van der Waals surface area (Å²) < 4.78 is 0. The second-order valence-corrected chi connectivity index (χ2v) is 6.20. The Morgan fingerprint density at radius 3 is 2.24 bits per heavy atom. The minimum absolute atomic E-state index is 0.124. The van der Waals surface area contributed by atoms with E-state index < -0.39 is 5.92 Å². The quantitative estimate of drug-likeness (QED) is 0.479. The number of carbonyl (C=O) groups is 1. The zero-order valence-electron chi connectivity index (χ0n) is 13.0. The Labute approximate surface area is 133 Å². The van der Waals surface area contributed by atoms with Crippen molar-refractivity contribution in [3.63, 3.8) is 0 Å². The van der Waals surface area contributed by atoms with Crippen molar-refractivity contribution in [3.05, 3.63) is 0 Å². The number of hydrogen-bond donors (Lipinski definition) is 2. The largest absolute Gasteiger partial charge is 0.358 e. The fourth-order valence-corrected chi connectivity index (χ4v) is 2.97. The molecule has 0 aliphatic carbocycles. The Bertz CT molecular complexity index is 378. The Morgan fingerprint density at radius 1 is 1.10 bits per heavy atom. The lowest BCUT2D eigenvalue weighted by molar-refractivity contribution is -0.123. The summed E-state index contributed by atoms with van der Waals surface area (Å²) in [6.45, 7) is 2.24. The van der Waals surface area contributed by atoms with Crippen molar-refractivity contribution in [2.24, 2.45) is 5.92 Å². The summed E-state index contributed by atoms with van der Waals surface area (Å²) in [5.41, 5.74) is 0. The van der Waals surface area contributed by atoms with Gasteiger partial charge >= 0.3 is 0 Å². The lowest BCUT2D eigenvalue weighted by Crippen LogP contribution is -2.57. The first kappa shape index (κ1) is 17.9. The highest BCUT2D eigenvalue weighted by atomic mass is 32.1. The van der Waals surface area contributed by atoms with Crippen LogP contribution in [0, 0.1) is 17.2 Å². The highest BCUT2D eigenvalue weighted by Gasteiger charge is 2.33. The molecule has 0 aromatic rings. The van der Waals surface area contributed by atoms with Gasteiger partial charge in [0, 0.05) is 0 Å². The molecule has 0 unspecified atom stereocenters. The maximum Gasteiger partial charge on any atom is 0.245 e. The van der Waals surface area contributed by atoms with Crippen LogP contribution in [0.2, 0.25) is 0 Å². The van der Waals surface area contributed by atoms with Crippen LogP contribution in [0.4, 0.5) is 0 Å². The molecular formula is C16H27N3OS. The van der Waals surface area contributed by atoms with Gasteiger partial charge in [-0.2, -0.15) is 5.26 Å². The molecule has 2 atom stereocenters. The van der Waals surface area contributed by atoms with E-state index in [0.717, 1.165) is 12.8 Å². The molecule has 4 nitrogen and oxygen atoms in total. The molecule has 5 heteroatoms. The SMILES string of the molecule is CCCCCCCCCCC[C@H]1NC(=S)NC(=O)[C@@H]1C#N. The molecule has 1 aliphatic rings. The van der Waals surface area contributed by atoms with E-state index in [4.69, 9.17) is 17.5 Å². The third-order valence-electron chi connectivity index (χ3n) is 4.00. The fourth-order valence-electron chi connectivity index (χ4n) is 2.72. The summed E-state index contributed by atoms with van der Waals surface area (Å²) in [6, 6.07) is 1.95. The molecule has 2 N–H and O–H groups in total. The molecule has 0 saturated carbocycles. The van der Waals surface area contributed by atoms with Crippen molar-refractivity contribution in [3.8, 4) is 6.07 Å². The van der Waals surface area contributed by atoms with Gasteiger partial charge in [0.05, 0.1) is 12.1 Å². The molecule has 1 fully saturated rings. The van der Waals surface area contributed by atoms with Crippen LogP contribution < -0.4 is 10.6 Å². The molecule has 1 aliphatic heterocycles. The van der Waals surface area contributed by atoms with Crippen molar-refractivity contribution < 1.29 is 4.79 Å². The molecule has 21 heavy (non-hydrogen) atoms. The fraction of sp³-hybridized carbons (Fsp3) is 0.812. The number of nitrogens with zero attached hydrogens (tertiary/aromatic N) is 1. The average Bonchev–Trinajstić information content (AvgIpc) is 2.45. The van der Waals surface area contributed by atoms with Crippen LogP contribution in [0.15, 0.2) is 0 Å². The van der Waals surface area contributed by atoms with Crippen molar-refractivity contribution >= 4 is 23.2 Å². The van der Waals surface area contributed by atoms with Crippen molar-refractivity contribution in [1.29, 1.82) is 5.26 Å². The molecular weight excluding hydrogens is 282 g/mol. The second-order valence-electron chi connectivity index (χ2n) is 5.79. The molecule has 0 aromatic heterocycles. The van der Waals surface area contributed by atoms with Crippen LogP contribution in [0.25, 0.3) is 0 Å². The van der Waals surface area contributed by atoms with E-state index in [1.54, 1.807) is 0 Å². The number of amides is 1. The van der Waals surface area contributed by atoms with Gasteiger partial charge in [-0.15, -0.1) is 0 Å². The minimum Gasteiger partial charge on any atom is -0.358 e. The van der Waals surface area contributed by atoms with E-state index in [-0.39, 0.29) is 11.9 Å². The van der Waals surface area contributed by atoms with Crippen LogP contribution >= 0.6 is 12.2 Å². The first-order chi connectivity index (χ1) is 10.2. The number of thiocarbonyl (C=S) groups is 1. The Balaban J connectivity index is 2.10. The maximum atomic E-state index is 11.6. The number of nitrogens with one attached hydrogen (secondary N) is 2. The van der Waals surface area contributed by atoms with Gasteiger partial charge in [0.15, 0.2) is 5.11 Å². The van der Waals surface area contributed by atoms with Gasteiger partial charge < -0.3 is 10.6 Å². The summed E-state index contributed by atoms with van der Waals surface area (Å²) >= 11 is 4.98. The lowest BCUT2D eigenvalue weighted by atomic mass is 9.93. The maximum absolute atomic E-state index is 11.6. The van der Waals surface area contributed by atoms with Crippen LogP contribution in [0.3, 0.4) is 0 Å². The summed E-state index contributed by atoms with van der Waals surface area (Å²) in [7, 11) is 0. The van der Waals surface area contributed by atoms with Gasteiger partial charge in [0.2, 0.25) is 5.91 Å². The van der Waals surface area contributed by atoms with Crippen molar-refractivity contribution in [1.82, 2.24) is 10.6 Å². The summed E-state index contributed by atoms with van der Waals surface area (Å²) in [4.78, 5) is 11.6. The molecule has 1 rings (SSSR count). The van der Waals surface area contributed by atoms with E-state index in [2.05, 4.69) is 23.6 Å². The highest BCUT2D eigenvalue weighted by Crippen LogP contribution is 2.16. The molecule has 0 spiro atoms. The molecule has 0 radical (unpaired) electrons. The Morgan fingerprint density at radius 2 is 1.67 bits per heavy atom. The summed E-state index contributed by atoms with van der Waals surface area (Å²) in [5.74, 6) is -0.882. The van der Waals surface area contributed by atoms with Crippen LogP contribution in [-0.4, -0.2) is 17.1 Å². The summed E-state index contributed by atoms with van der Waals surface area (Å²) in [6.07, 6.45) is 12.3. The standard InChI is InChI=1S/C16H27N3OS/c1-2-3-4-5-6-7-8-9-10-11-14-13(12-17)15(20)19-16(21)18-14/h13-14H,2-11H2,1H3,(H2,18,19,20,21)/t13-,14-/m1/s1.